The molecule has 5 rings (SSSR count). The Morgan fingerprint density at radius 3 is 2.74 bits per heavy atom. The largest absolute Gasteiger partial charge is 0.393 e. The van der Waals surface area contributed by atoms with E-state index in [1.54, 1.807) is 0 Å². The van der Waals surface area contributed by atoms with Crippen molar-refractivity contribution in [2.45, 2.75) is 76.1 Å². The number of nitriles is 1. The molecule has 1 heterocycles. The quantitative estimate of drug-likeness (QED) is 0.691. The lowest BCUT2D eigenvalue weighted by molar-refractivity contribution is -0.136. The van der Waals surface area contributed by atoms with E-state index in [1.807, 2.05) is 6.08 Å². The molecular formula is C22H29NO4. The van der Waals surface area contributed by atoms with Gasteiger partial charge in [0, 0.05) is 11.8 Å². The first-order chi connectivity index (χ1) is 12.8. The van der Waals surface area contributed by atoms with Crippen LogP contribution in [0.3, 0.4) is 0 Å². The van der Waals surface area contributed by atoms with Crippen molar-refractivity contribution in [1.82, 2.24) is 0 Å². The van der Waals surface area contributed by atoms with Crippen molar-refractivity contribution in [3.8, 4) is 6.07 Å². The van der Waals surface area contributed by atoms with Gasteiger partial charge in [0.2, 0.25) is 5.60 Å². The molecule has 1 aliphatic heterocycles. The van der Waals surface area contributed by atoms with E-state index in [0.717, 1.165) is 32.1 Å². The molecule has 0 bridgehead atoms. The summed E-state index contributed by atoms with van der Waals surface area (Å²) in [6, 6.07) is 2.24. The van der Waals surface area contributed by atoms with E-state index >= 15 is 0 Å². The predicted molar refractivity (Wildman–Crippen MR) is 97.3 cm³/mol. The molecule has 5 aliphatic rings. The van der Waals surface area contributed by atoms with Crippen LogP contribution in [0.25, 0.3) is 0 Å². The molecule has 4 aliphatic carbocycles. The van der Waals surface area contributed by atoms with E-state index < -0.39 is 17.3 Å². The van der Waals surface area contributed by atoms with Crippen LogP contribution >= 0.6 is 0 Å². The van der Waals surface area contributed by atoms with Gasteiger partial charge < -0.3 is 14.9 Å². The minimum Gasteiger partial charge on any atom is -0.393 e. The summed E-state index contributed by atoms with van der Waals surface area (Å²) in [5.74, 6) is 1.17. The van der Waals surface area contributed by atoms with Gasteiger partial charge in [0.15, 0.2) is 5.78 Å². The molecular weight excluding hydrogens is 342 g/mol. The highest BCUT2D eigenvalue weighted by Gasteiger charge is 2.83. The zero-order valence-corrected chi connectivity index (χ0v) is 16.2. The highest BCUT2D eigenvalue weighted by molar-refractivity contribution is 5.91. The number of rotatable bonds is 1. The number of nitrogens with zero attached hydrogens (tertiary/aromatic N) is 1. The third-order valence-electron chi connectivity index (χ3n) is 9.38. The van der Waals surface area contributed by atoms with Crippen molar-refractivity contribution in [3.63, 3.8) is 0 Å². The lowest BCUT2D eigenvalue weighted by Gasteiger charge is -2.59. The number of ether oxygens (including phenoxy) is 1. The number of aliphatic hydroxyl groups excluding tert-OH is 2. The maximum atomic E-state index is 12.0. The Balaban J connectivity index is 1.54. The first-order valence-corrected chi connectivity index (χ1v) is 10.4. The maximum Gasteiger partial charge on any atom is 0.207 e. The van der Waals surface area contributed by atoms with E-state index in [9.17, 15) is 20.3 Å². The monoisotopic (exact) mass is 371 g/mol. The summed E-state index contributed by atoms with van der Waals surface area (Å²) in [6.07, 6.45) is 7.11. The number of allylic oxidation sites excluding steroid dienone is 1. The number of hydrogen-bond acceptors (Lipinski definition) is 5. The average molecular weight is 371 g/mol. The molecule has 0 aromatic carbocycles. The Hall–Kier alpha value is -1.22. The summed E-state index contributed by atoms with van der Waals surface area (Å²) in [5.41, 5.74) is -0.849. The maximum absolute atomic E-state index is 12.0. The van der Waals surface area contributed by atoms with E-state index in [4.69, 9.17) is 4.74 Å². The second kappa shape index (κ2) is 5.23. The van der Waals surface area contributed by atoms with Crippen LogP contribution in [0.5, 0.6) is 0 Å². The summed E-state index contributed by atoms with van der Waals surface area (Å²) >= 11 is 0. The van der Waals surface area contributed by atoms with Gasteiger partial charge in [0.1, 0.15) is 11.7 Å². The van der Waals surface area contributed by atoms with Gasteiger partial charge in [-0.15, -0.1) is 0 Å². The molecule has 0 radical (unpaired) electrons. The average Bonchev–Trinajstić information content (AvgIpc) is 3.22. The van der Waals surface area contributed by atoms with Gasteiger partial charge in [-0.2, -0.15) is 5.26 Å². The number of epoxide rings is 1. The van der Waals surface area contributed by atoms with Crippen LogP contribution in [0.15, 0.2) is 11.6 Å². The van der Waals surface area contributed by atoms with Crippen LogP contribution in [0.1, 0.15) is 58.8 Å². The summed E-state index contributed by atoms with van der Waals surface area (Å²) < 4.78 is 6.02. The molecule has 1 spiro atoms. The first-order valence-electron chi connectivity index (χ1n) is 10.4. The highest BCUT2D eigenvalue weighted by Crippen LogP contribution is 2.75. The third-order valence-corrected chi connectivity index (χ3v) is 9.38. The zero-order chi connectivity index (χ0) is 19.2. The molecule has 8 atom stereocenters. The van der Waals surface area contributed by atoms with Crippen LogP contribution in [0.4, 0.5) is 0 Å². The van der Waals surface area contributed by atoms with Crippen LogP contribution in [0.2, 0.25) is 0 Å². The molecule has 1 saturated heterocycles. The van der Waals surface area contributed by atoms with Crippen LogP contribution < -0.4 is 0 Å². The number of fused-ring (bicyclic) bond motifs is 6. The van der Waals surface area contributed by atoms with Gasteiger partial charge in [-0.1, -0.05) is 19.4 Å². The molecule has 2 N–H and O–H groups in total. The number of ketones is 1. The van der Waals surface area contributed by atoms with Gasteiger partial charge in [0.05, 0.1) is 12.7 Å². The fourth-order valence-corrected chi connectivity index (χ4v) is 8.09. The highest BCUT2D eigenvalue weighted by atomic mass is 16.6. The second-order valence-corrected chi connectivity index (χ2v) is 10.1. The minimum atomic E-state index is -1.09. The van der Waals surface area contributed by atoms with E-state index in [-0.39, 0.29) is 29.1 Å². The number of carbonyl (C=O) groups excluding carboxylic acids is 1. The zero-order valence-electron chi connectivity index (χ0n) is 16.2. The van der Waals surface area contributed by atoms with Gasteiger partial charge in [-0.3, -0.25) is 4.79 Å². The number of carbonyl (C=O) groups is 1. The molecule has 0 aromatic heterocycles. The van der Waals surface area contributed by atoms with Crippen LogP contribution in [-0.4, -0.2) is 39.9 Å². The topological polar surface area (TPSA) is 93.9 Å². The Bertz CT molecular complexity index is 786. The molecule has 0 aromatic rings. The molecule has 27 heavy (non-hydrogen) atoms. The van der Waals surface area contributed by atoms with E-state index in [1.165, 1.54) is 5.57 Å². The fourth-order valence-electron chi connectivity index (χ4n) is 8.09. The van der Waals surface area contributed by atoms with Gasteiger partial charge in [-0.25, -0.2) is 0 Å². The smallest absolute Gasteiger partial charge is 0.207 e. The lowest BCUT2D eigenvalue weighted by Crippen LogP contribution is -2.58. The van der Waals surface area contributed by atoms with Crippen molar-refractivity contribution in [1.29, 1.82) is 5.26 Å². The van der Waals surface area contributed by atoms with Gasteiger partial charge in [-0.05, 0) is 67.8 Å². The van der Waals surface area contributed by atoms with Crippen molar-refractivity contribution < 1.29 is 19.7 Å². The standard InChI is InChI=1S/C22H29NO4/c1-19-7-5-14(25)9-13(19)3-4-15-16-6-8-22(21(11-23,12-24)27-22)20(16,2)10-17(26)18(15)19/h9,15-18,24,26H,3-8,10,12H2,1-2H3/t15-,16-,17?,18+,19-,20-,21?,22+/m0/s1. The van der Waals surface area contributed by atoms with Gasteiger partial charge >= 0.3 is 0 Å². The third kappa shape index (κ3) is 1.88. The first kappa shape index (κ1) is 17.8. The molecule has 5 heteroatoms. The van der Waals surface area contributed by atoms with Crippen LogP contribution in [-0.2, 0) is 9.53 Å². The Labute approximate surface area is 160 Å². The van der Waals surface area contributed by atoms with E-state index in [0.29, 0.717) is 24.7 Å². The molecule has 5 nitrogen and oxygen atoms in total. The number of aliphatic hydroxyl groups is 2. The SMILES string of the molecule is C[C@]12CCC(=O)C=C1CC[C@@H]1[C@@H]2C(O)C[C@@]2(C)[C@H]1CC[C@@]21OC1(C#N)CO. The van der Waals surface area contributed by atoms with E-state index in [2.05, 4.69) is 19.9 Å². The fraction of sp³-hybridized carbons (Fsp3) is 0.818. The number of hydrogen-bond donors (Lipinski definition) is 2. The molecule has 4 fully saturated rings. The van der Waals surface area contributed by atoms with Crippen molar-refractivity contribution in [3.05, 3.63) is 11.6 Å². The Kier molecular flexibility index (Phi) is 3.46. The molecule has 2 unspecified atom stereocenters. The summed E-state index contributed by atoms with van der Waals surface area (Å²) in [5, 5.41) is 30.9. The Morgan fingerprint density at radius 1 is 1.30 bits per heavy atom. The molecule has 0 amide bonds. The molecule has 3 saturated carbocycles. The summed E-state index contributed by atoms with van der Waals surface area (Å²) in [6.45, 7) is 4.15. The summed E-state index contributed by atoms with van der Waals surface area (Å²) in [4.78, 5) is 12.0. The second-order valence-electron chi connectivity index (χ2n) is 10.1. The van der Waals surface area contributed by atoms with Crippen molar-refractivity contribution >= 4 is 5.78 Å². The van der Waals surface area contributed by atoms with Crippen LogP contribution in [0, 0.1) is 39.9 Å². The van der Waals surface area contributed by atoms with Crippen molar-refractivity contribution in [2.75, 3.05) is 6.61 Å². The molecule has 146 valence electrons. The minimum absolute atomic E-state index is 0.0962. The van der Waals surface area contributed by atoms with Crippen molar-refractivity contribution in [2.24, 2.45) is 28.6 Å². The lowest BCUT2D eigenvalue weighted by atomic mass is 9.45. The normalized spacial score (nSPS) is 56.0. The predicted octanol–water partition coefficient (Wildman–Crippen LogP) is 2.51. The summed E-state index contributed by atoms with van der Waals surface area (Å²) in [7, 11) is 0. The Morgan fingerprint density at radius 2 is 2.07 bits per heavy atom. The van der Waals surface area contributed by atoms with Gasteiger partial charge in [0.25, 0.3) is 0 Å².